The Morgan fingerprint density at radius 3 is 2.00 bits per heavy atom. The molecule has 0 aliphatic heterocycles. The molecule has 0 aliphatic carbocycles. The summed E-state index contributed by atoms with van der Waals surface area (Å²) < 4.78 is 52.2. The number of carbonyl (C=O) groups excluding carboxylic acids is 1. The summed E-state index contributed by atoms with van der Waals surface area (Å²) in [5.41, 5.74) is -1.19. The van der Waals surface area contributed by atoms with Gasteiger partial charge < -0.3 is 10.4 Å². The van der Waals surface area contributed by atoms with Gasteiger partial charge in [-0.25, -0.2) is 17.6 Å². The van der Waals surface area contributed by atoms with Crippen molar-refractivity contribution >= 4 is 17.6 Å². The van der Waals surface area contributed by atoms with Crippen LogP contribution in [0.25, 0.3) is 0 Å². The van der Waals surface area contributed by atoms with Crippen molar-refractivity contribution in [1.29, 1.82) is 0 Å². The Morgan fingerprint density at radius 1 is 1.00 bits per heavy atom. The van der Waals surface area contributed by atoms with E-state index in [2.05, 4.69) is 0 Å². The van der Waals surface area contributed by atoms with Crippen molar-refractivity contribution in [3.05, 3.63) is 29.3 Å². The van der Waals surface area contributed by atoms with Crippen LogP contribution in [0.1, 0.15) is 25.7 Å². The molecule has 0 bridgehead atoms. The summed E-state index contributed by atoms with van der Waals surface area (Å²) in [6.07, 6.45) is -0.000708. The SMILES string of the molecule is O=C(O)CCCCC(=O)Nc1c(F)c(F)cc(F)c1F. The summed E-state index contributed by atoms with van der Waals surface area (Å²) >= 11 is 0. The highest BCUT2D eigenvalue weighted by molar-refractivity contribution is 5.91. The van der Waals surface area contributed by atoms with Crippen LogP contribution in [-0.2, 0) is 9.59 Å². The molecule has 0 aliphatic rings. The van der Waals surface area contributed by atoms with Gasteiger partial charge in [0, 0.05) is 18.9 Å². The van der Waals surface area contributed by atoms with Crippen LogP contribution in [0, 0.1) is 23.3 Å². The van der Waals surface area contributed by atoms with Gasteiger partial charge in [0.25, 0.3) is 0 Å². The highest BCUT2D eigenvalue weighted by Gasteiger charge is 2.20. The van der Waals surface area contributed by atoms with Gasteiger partial charge in [-0.05, 0) is 12.8 Å². The minimum atomic E-state index is -1.69. The number of aliphatic carboxylic acids is 1. The number of amides is 1. The summed E-state index contributed by atoms with van der Waals surface area (Å²) in [7, 11) is 0. The quantitative estimate of drug-likeness (QED) is 0.481. The number of carboxylic acid groups (broad SMARTS) is 1. The van der Waals surface area contributed by atoms with E-state index in [4.69, 9.17) is 5.11 Å². The second-order valence-electron chi connectivity index (χ2n) is 3.99. The fourth-order valence-corrected chi connectivity index (χ4v) is 1.45. The highest BCUT2D eigenvalue weighted by atomic mass is 19.2. The van der Waals surface area contributed by atoms with E-state index >= 15 is 0 Å². The van der Waals surface area contributed by atoms with Crippen molar-refractivity contribution in [1.82, 2.24) is 0 Å². The van der Waals surface area contributed by atoms with Crippen LogP contribution in [0.4, 0.5) is 23.2 Å². The standard InChI is InChI=1S/C12H11F4NO3/c13-6-5-7(14)11(16)12(10(6)15)17-8(18)3-1-2-4-9(19)20/h5H,1-4H2,(H,17,18)(H,19,20). The van der Waals surface area contributed by atoms with E-state index in [-0.39, 0.29) is 31.7 Å². The fourth-order valence-electron chi connectivity index (χ4n) is 1.45. The number of anilines is 1. The summed E-state index contributed by atoms with van der Waals surface area (Å²) in [5, 5.41) is 10.1. The summed E-state index contributed by atoms with van der Waals surface area (Å²) in [6, 6.07) is 0.0349. The number of carbonyl (C=O) groups is 2. The number of halogens is 4. The van der Waals surface area contributed by atoms with Crippen molar-refractivity contribution in [2.45, 2.75) is 25.7 Å². The summed E-state index contributed by atoms with van der Waals surface area (Å²) in [6.45, 7) is 0. The first-order valence-corrected chi connectivity index (χ1v) is 5.67. The molecule has 0 atom stereocenters. The molecule has 1 aromatic rings. The van der Waals surface area contributed by atoms with Gasteiger partial charge in [0.2, 0.25) is 5.91 Å². The average molecular weight is 293 g/mol. The normalized spacial score (nSPS) is 10.4. The van der Waals surface area contributed by atoms with Crippen LogP contribution >= 0.6 is 0 Å². The predicted molar refractivity (Wildman–Crippen MR) is 61.0 cm³/mol. The van der Waals surface area contributed by atoms with E-state index in [9.17, 15) is 27.2 Å². The van der Waals surface area contributed by atoms with Gasteiger partial charge in [0.1, 0.15) is 5.69 Å². The summed E-state index contributed by atoms with van der Waals surface area (Å²) in [5.74, 6) is -8.52. The maximum absolute atomic E-state index is 13.2. The topological polar surface area (TPSA) is 66.4 Å². The lowest BCUT2D eigenvalue weighted by Crippen LogP contribution is -2.15. The molecule has 0 saturated carbocycles. The van der Waals surface area contributed by atoms with E-state index in [1.165, 1.54) is 0 Å². The van der Waals surface area contributed by atoms with E-state index < -0.39 is 40.8 Å². The van der Waals surface area contributed by atoms with Gasteiger partial charge in [-0.2, -0.15) is 0 Å². The second-order valence-corrected chi connectivity index (χ2v) is 3.99. The monoisotopic (exact) mass is 293 g/mol. The van der Waals surface area contributed by atoms with Crippen molar-refractivity contribution in [3.63, 3.8) is 0 Å². The van der Waals surface area contributed by atoms with Gasteiger partial charge in [0.15, 0.2) is 23.3 Å². The number of benzene rings is 1. The minimum Gasteiger partial charge on any atom is -0.481 e. The molecule has 20 heavy (non-hydrogen) atoms. The Labute approximate surface area is 111 Å². The zero-order valence-corrected chi connectivity index (χ0v) is 10.2. The van der Waals surface area contributed by atoms with E-state index in [0.717, 1.165) is 0 Å². The third kappa shape index (κ3) is 4.22. The first kappa shape index (κ1) is 15.9. The van der Waals surface area contributed by atoms with Gasteiger partial charge in [-0.15, -0.1) is 0 Å². The molecule has 1 rings (SSSR count). The fraction of sp³-hybridized carbons (Fsp3) is 0.333. The van der Waals surface area contributed by atoms with Gasteiger partial charge >= 0.3 is 5.97 Å². The molecule has 110 valence electrons. The molecule has 1 amide bonds. The van der Waals surface area contributed by atoms with Crippen LogP contribution < -0.4 is 5.32 Å². The zero-order chi connectivity index (χ0) is 15.3. The van der Waals surface area contributed by atoms with Crippen molar-refractivity contribution in [2.75, 3.05) is 5.32 Å². The molecule has 0 fully saturated rings. The predicted octanol–water partition coefficient (Wildman–Crippen LogP) is 2.83. The molecule has 0 saturated heterocycles. The number of rotatable bonds is 6. The lowest BCUT2D eigenvalue weighted by molar-refractivity contribution is -0.137. The number of hydrogen-bond acceptors (Lipinski definition) is 2. The highest BCUT2D eigenvalue weighted by Crippen LogP contribution is 2.24. The number of unbranched alkanes of at least 4 members (excludes halogenated alkanes) is 1. The number of hydrogen-bond donors (Lipinski definition) is 2. The van der Waals surface area contributed by atoms with Crippen LogP contribution in [-0.4, -0.2) is 17.0 Å². The number of nitrogens with one attached hydrogen (secondary N) is 1. The Balaban J connectivity index is 2.65. The van der Waals surface area contributed by atoms with Crippen LogP contribution in [0.3, 0.4) is 0 Å². The molecule has 0 heterocycles. The number of carboxylic acids is 1. The lowest BCUT2D eigenvalue weighted by atomic mass is 10.2. The molecule has 0 spiro atoms. The Bertz CT molecular complexity index is 508. The van der Waals surface area contributed by atoms with E-state index in [0.29, 0.717) is 0 Å². The largest absolute Gasteiger partial charge is 0.481 e. The maximum Gasteiger partial charge on any atom is 0.303 e. The Hall–Kier alpha value is -2.12. The maximum atomic E-state index is 13.2. The van der Waals surface area contributed by atoms with Crippen molar-refractivity contribution in [2.24, 2.45) is 0 Å². The molecule has 0 aromatic heterocycles. The van der Waals surface area contributed by atoms with E-state index in [1.54, 1.807) is 5.32 Å². The minimum absolute atomic E-state index is 0.0349. The second kappa shape index (κ2) is 6.88. The van der Waals surface area contributed by atoms with Gasteiger partial charge in [-0.3, -0.25) is 9.59 Å². The molecule has 0 unspecified atom stereocenters. The van der Waals surface area contributed by atoms with Crippen molar-refractivity contribution in [3.8, 4) is 0 Å². The van der Waals surface area contributed by atoms with Crippen LogP contribution in [0.2, 0.25) is 0 Å². The molecule has 0 radical (unpaired) electrons. The Kier molecular flexibility index (Phi) is 5.48. The molecular weight excluding hydrogens is 282 g/mol. The third-order valence-corrected chi connectivity index (χ3v) is 2.42. The molecule has 8 heteroatoms. The smallest absolute Gasteiger partial charge is 0.303 e. The Morgan fingerprint density at radius 2 is 1.50 bits per heavy atom. The van der Waals surface area contributed by atoms with Crippen LogP contribution in [0.15, 0.2) is 6.07 Å². The van der Waals surface area contributed by atoms with Crippen LogP contribution in [0.5, 0.6) is 0 Å². The molecule has 1 aromatic carbocycles. The first-order valence-electron chi connectivity index (χ1n) is 5.67. The summed E-state index contributed by atoms with van der Waals surface area (Å²) in [4.78, 5) is 21.6. The average Bonchev–Trinajstić information content (AvgIpc) is 2.37. The molecule has 2 N–H and O–H groups in total. The van der Waals surface area contributed by atoms with Gasteiger partial charge in [0.05, 0.1) is 0 Å². The van der Waals surface area contributed by atoms with Crippen molar-refractivity contribution < 1.29 is 32.3 Å². The van der Waals surface area contributed by atoms with E-state index in [1.807, 2.05) is 0 Å². The third-order valence-electron chi connectivity index (χ3n) is 2.42. The van der Waals surface area contributed by atoms with Gasteiger partial charge in [-0.1, -0.05) is 0 Å². The lowest BCUT2D eigenvalue weighted by Gasteiger charge is -2.08. The zero-order valence-electron chi connectivity index (χ0n) is 10.2. The molecular formula is C12H11F4NO3. The first-order chi connectivity index (χ1) is 9.32. The molecule has 4 nitrogen and oxygen atoms in total.